The number of nitrogens with one attached hydrogen (secondary N) is 1. The van der Waals surface area contributed by atoms with Gasteiger partial charge in [-0.15, -0.1) is 5.54 Å². The highest BCUT2D eigenvalue weighted by atomic mass is 28.3. The maximum atomic E-state index is 14.9. The van der Waals surface area contributed by atoms with Crippen LogP contribution in [0.3, 0.4) is 0 Å². The molecule has 46 heavy (non-hydrogen) atoms. The smallest absolute Gasteiger partial charge is 0.344 e. The van der Waals surface area contributed by atoms with Crippen LogP contribution in [0.4, 0.5) is 5.69 Å². The summed E-state index contributed by atoms with van der Waals surface area (Å²) in [6.45, 7) is 19.4. The van der Waals surface area contributed by atoms with E-state index in [9.17, 15) is 4.79 Å². The van der Waals surface area contributed by atoms with E-state index in [1.807, 2.05) is 24.3 Å². The molecule has 4 atom stereocenters. The Morgan fingerprint density at radius 2 is 1.63 bits per heavy atom. The first-order valence-corrected chi connectivity index (χ1v) is 20.1. The lowest BCUT2D eigenvalue weighted by molar-refractivity contribution is -0.184. The number of carbonyl (C=O) groups excluding carboxylic acids is 1. The van der Waals surface area contributed by atoms with Crippen LogP contribution in [0, 0.1) is 23.3 Å². The molecule has 252 valence electrons. The fraction of sp³-hybridized carbons (Fsp3) is 0.615. The first-order chi connectivity index (χ1) is 21.7. The van der Waals surface area contributed by atoms with E-state index in [4.69, 9.17) is 18.9 Å². The number of methoxy groups -OCH3 is 1. The summed E-state index contributed by atoms with van der Waals surface area (Å²) in [5.41, 5.74) is 4.27. The molecule has 0 spiro atoms. The Bertz CT molecular complexity index is 1330. The van der Waals surface area contributed by atoms with E-state index >= 15 is 0 Å². The Kier molecular flexibility index (Phi) is 11.7. The molecular formula is C39H57NO5Si. The van der Waals surface area contributed by atoms with Crippen molar-refractivity contribution in [2.75, 3.05) is 25.6 Å². The molecule has 1 heterocycles. The number of hydrogen-bond acceptors (Lipinski definition) is 6. The predicted octanol–water partition coefficient (Wildman–Crippen LogP) is 8.77. The van der Waals surface area contributed by atoms with Crippen molar-refractivity contribution in [1.82, 2.24) is 0 Å². The van der Waals surface area contributed by atoms with Crippen molar-refractivity contribution in [2.45, 2.75) is 122 Å². The SMILES string of the molecule is COc1ccc(N[C@@](C#C[Si](C)(C)C(C)(C)C)(CCC2OCCCO2)C(=O)O[C@@H]2C[C@H](C)CC[C@H]2C(C)(C)c2ccccc2)cc1. The molecule has 1 aliphatic heterocycles. The van der Waals surface area contributed by atoms with Crippen LogP contribution < -0.4 is 10.1 Å². The van der Waals surface area contributed by atoms with Crippen molar-refractivity contribution >= 4 is 19.7 Å². The monoisotopic (exact) mass is 647 g/mol. The van der Waals surface area contributed by atoms with Crippen molar-refractivity contribution in [2.24, 2.45) is 11.8 Å². The van der Waals surface area contributed by atoms with Gasteiger partial charge in [-0.3, -0.25) is 0 Å². The number of anilines is 1. The molecule has 1 aliphatic carbocycles. The maximum absolute atomic E-state index is 14.9. The number of rotatable bonds is 10. The van der Waals surface area contributed by atoms with E-state index in [1.54, 1.807) is 7.11 Å². The molecule has 1 N–H and O–H groups in total. The minimum Gasteiger partial charge on any atom is -0.497 e. The summed E-state index contributed by atoms with van der Waals surface area (Å²) in [6, 6.07) is 18.3. The molecule has 4 rings (SSSR count). The normalized spacial score (nSPS) is 22.6. The highest BCUT2D eigenvalue weighted by Gasteiger charge is 2.47. The van der Waals surface area contributed by atoms with Crippen molar-refractivity contribution in [3.8, 4) is 17.2 Å². The second kappa shape index (κ2) is 15.0. The first kappa shape index (κ1) is 36.1. The fourth-order valence-corrected chi connectivity index (χ4v) is 7.27. The van der Waals surface area contributed by atoms with Gasteiger partial charge in [-0.05, 0) is 71.9 Å². The largest absolute Gasteiger partial charge is 0.497 e. The Morgan fingerprint density at radius 3 is 2.24 bits per heavy atom. The molecule has 2 aliphatic rings. The van der Waals surface area contributed by atoms with Crippen LogP contribution in [0.1, 0.15) is 85.6 Å². The second-order valence-corrected chi connectivity index (χ2v) is 20.5. The summed E-state index contributed by atoms with van der Waals surface area (Å²) < 4.78 is 24.1. The van der Waals surface area contributed by atoms with Gasteiger partial charge in [0, 0.05) is 18.0 Å². The summed E-state index contributed by atoms with van der Waals surface area (Å²) in [7, 11) is -0.453. The minimum atomic E-state index is -2.10. The average molecular weight is 648 g/mol. The van der Waals surface area contributed by atoms with Crippen LogP contribution in [0.25, 0.3) is 0 Å². The minimum absolute atomic E-state index is 0.0228. The molecule has 7 heteroatoms. The van der Waals surface area contributed by atoms with Crippen LogP contribution in [0.2, 0.25) is 18.1 Å². The third-order valence-electron chi connectivity index (χ3n) is 10.7. The zero-order valence-corrected chi connectivity index (χ0v) is 30.7. The zero-order chi connectivity index (χ0) is 33.6. The lowest BCUT2D eigenvalue weighted by Gasteiger charge is -2.45. The van der Waals surface area contributed by atoms with E-state index in [-0.39, 0.29) is 34.7 Å². The maximum Gasteiger partial charge on any atom is 0.344 e. The molecule has 2 aromatic rings. The summed E-state index contributed by atoms with van der Waals surface area (Å²) >= 11 is 0. The molecule has 0 bridgehead atoms. The summed E-state index contributed by atoms with van der Waals surface area (Å²) in [6.07, 6.45) is 4.11. The van der Waals surface area contributed by atoms with Crippen LogP contribution >= 0.6 is 0 Å². The molecule has 6 nitrogen and oxygen atoms in total. The van der Waals surface area contributed by atoms with Crippen LogP contribution in [0.5, 0.6) is 5.75 Å². The van der Waals surface area contributed by atoms with Crippen molar-refractivity contribution in [3.63, 3.8) is 0 Å². The lowest BCUT2D eigenvalue weighted by Crippen LogP contribution is -2.52. The van der Waals surface area contributed by atoms with Gasteiger partial charge in [0.15, 0.2) is 11.8 Å². The molecule has 0 amide bonds. The Hall–Kier alpha value is -2.79. The van der Waals surface area contributed by atoms with Gasteiger partial charge in [-0.25, -0.2) is 4.79 Å². The molecule has 1 saturated carbocycles. The van der Waals surface area contributed by atoms with Gasteiger partial charge in [0.25, 0.3) is 0 Å². The average Bonchev–Trinajstić information content (AvgIpc) is 3.03. The number of hydrogen-bond donors (Lipinski definition) is 1. The van der Waals surface area contributed by atoms with Crippen LogP contribution in [-0.4, -0.2) is 52.3 Å². The van der Waals surface area contributed by atoms with E-state index in [1.165, 1.54) is 5.56 Å². The molecular weight excluding hydrogens is 591 g/mol. The summed E-state index contributed by atoms with van der Waals surface area (Å²) in [5.74, 6) is 4.63. The Labute approximate surface area is 279 Å². The van der Waals surface area contributed by atoms with Gasteiger partial charge in [-0.1, -0.05) is 97.3 Å². The first-order valence-electron chi connectivity index (χ1n) is 17.1. The molecule has 0 unspecified atom stereocenters. The van der Waals surface area contributed by atoms with Crippen molar-refractivity contribution in [3.05, 3.63) is 60.2 Å². The van der Waals surface area contributed by atoms with E-state index in [0.717, 1.165) is 37.1 Å². The topological polar surface area (TPSA) is 66.0 Å². The van der Waals surface area contributed by atoms with E-state index in [0.29, 0.717) is 32.0 Å². The molecule has 0 radical (unpaired) electrons. The van der Waals surface area contributed by atoms with Crippen molar-refractivity contribution in [1.29, 1.82) is 0 Å². The van der Waals surface area contributed by atoms with E-state index in [2.05, 4.69) is 102 Å². The molecule has 2 fully saturated rings. The summed E-state index contributed by atoms with van der Waals surface area (Å²) in [5, 5.41) is 3.62. The number of ether oxygens (including phenoxy) is 4. The highest BCUT2D eigenvalue weighted by molar-refractivity contribution is 6.87. The van der Waals surface area contributed by atoms with Gasteiger partial charge < -0.3 is 24.3 Å². The van der Waals surface area contributed by atoms with Gasteiger partial charge in [0.05, 0.1) is 20.3 Å². The number of benzene rings is 2. The Morgan fingerprint density at radius 1 is 0.978 bits per heavy atom. The van der Waals surface area contributed by atoms with Gasteiger partial charge in [0.1, 0.15) is 19.9 Å². The lowest BCUT2D eigenvalue weighted by atomic mass is 9.64. The predicted molar refractivity (Wildman–Crippen MR) is 190 cm³/mol. The number of carbonyl (C=O) groups is 1. The fourth-order valence-electron chi connectivity index (χ4n) is 6.37. The second-order valence-electron chi connectivity index (χ2n) is 15.5. The highest BCUT2D eigenvalue weighted by Crippen LogP contribution is 2.44. The molecule has 2 aromatic carbocycles. The number of esters is 1. The van der Waals surface area contributed by atoms with Gasteiger partial charge in [0.2, 0.25) is 0 Å². The zero-order valence-electron chi connectivity index (χ0n) is 29.7. The standard InChI is InChI=1S/C39H57NO5Si/c1-29-16-21-33(38(5,6)30-14-11-10-12-15-30)34(28-29)45-36(41)39(23-22-35-43-25-13-26-44-35,24-27-46(8,9)37(2,3)4)40-31-17-19-32(42-7)20-18-31/h10-12,14-15,17-20,29,33-35,40H,13,16,21-23,25-26,28H2,1-9H3/t29-,33-,34-,39-/m1/s1. The van der Waals surface area contributed by atoms with Crippen molar-refractivity contribution < 1.29 is 23.7 Å². The summed E-state index contributed by atoms with van der Waals surface area (Å²) in [4.78, 5) is 14.9. The molecule has 1 saturated heterocycles. The van der Waals surface area contributed by atoms with Crippen LogP contribution in [0.15, 0.2) is 54.6 Å². The molecule has 0 aromatic heterocycles. The Balaban J connectivity index is 1.77. The third-order valence-corrected chi connectivity index (χ3v) is 15.2. The van der Waals surface area contributed by atoms with Crippen LogP contribution in [-0.2, 0) is 24.4 Å². The van der Waals surface area contributed by atoms with Gasteiger partial charge >= 0.3 is 5.97 Å². The van der Waals surface area contributed by atoms with E-state index < -0.39 is 13.6 Å². The quantitative estimate of drug-likeness (QED) is 0.158. The third kappa shape index (κ3) is 8.76. The van der Waals surface area contributed by atoms with Gasteiger partial charge in [-0.2, -0.15) is 0 Å².